The first-order valence-corrected chi connectivity index (χ1v) is 5.95. The normalized spacial score (nSPS) is 24.7. The van der Waals surface area contributed by atoms with Gasteiger partial charge in [0.1, 0.15) is 17.3 Å². The summed E-state index contributed by atoms with van der Waals surface area (Å²) in [6, 6.07) is 0. The molecule has 4 nitrogen and oxygen atoms in total. The van der Waals surface area contributed by atoms with Gasteiger partial charge in [0.15, 0.2) is 0 Å². The summed E-state index contributed by atoms with van der Waals surface area (Å²) in [5, 5.41) is 13.4. The molecule has 2 N–H and O–H groups in total. The van der Waals surface area contributed by atoms with Gasteiger partial charge >= 0.3 is 0 Å². The number of anilines is 1. The SMILES string of the molecule is Cc1c(Cl)ncnc1NCC1CCCC1O. The Morgan fingerprint density at radius 2 is 2.31 bits per heavy atom. The van der Waals surface area contributed by atoms with Crippen LogP contribution in [0, 0.1) is 12.8 Å². The molecular formula is C11H16ClN3O. The second kappa shape index (κ2) is 4.97. The summed E-state index contributed by atoms with van der Waals surface area (Å²) in [5.74, 6) is 1.09. The van der Waals surface area contributed by atoms with Crippen molar-refractivity contribution in [1.82, 2.24) is 9.97 Å². The molecule has 1 aromatic heterocycles. The topological polar surface area (TPSA) is 58.0 Å². The van der Waals surface area contributed by atoms with Crippen LogP contribution in [0.2, 0.25) is 5.15 Å². The molecule has 16 heavy (non-hydrogen) atoms. The fourth-order valence-corrected chi connectivity index (χ4v) is 2.22. The lowest BCUT2D eigenvalue weighted by Crippen LogP contribution is -2.22. The summed E-state index contributed by atoms with van der Waals surface area (Å²) in [6.07, 6.45) is 4.37. The Balaban J connectivity index is 1.96. The molecule has 0 aromatic carbocycles. The molecule has 0 spiro atoms. The van der Waals surface area contributed by atoms with Crippen molar-refractivity contribution >= 4 is 17.4 Å². The molecule has 88 valence electrons. The van der Waals surface area contributed by atoms with Crippen LogP contribution >= 0.6 is 11.6 Å². The third-order valence-electron chi connectivity index (χ3n) is 3.17. The van der Waals surface area contributed by atoms with Crippen LogP contribution in [0.4, 0.5) is 5.82 Å². The molecule has 1 aliphatic rings. The van der Waals surface area contributed by atoms with Crippen molar-refractivity contribution in [2.45, 2.75) is 32.3 Å². The number of nitrogens with one attached hydrogen (secondary N) is 1. The Bertz CT molecular complexity index is 372. The molecule has 1 saturated carbocycles. The Morgan fingerprint density at radius 3 is 3.00 bits per heavy atom. The van der Waals surface area contributed by atoms with Gasteiger partial charge in [0, 0.05) is 18.0 Å². The van der Waals surface area contributed by atoms with E-state index < -0.39 is 0 Å². The van der Waals surface area contributed by atoms with Crippen LogP contribution in [0.3, 0.4) is 0 Å². The van der Waals surface area contributed by atoms with E-state index in [0.717, 1.165) is 37.2 Å². The fourth-order valence-electron chi connectivity index (χ4n) is 2.09. The first-order valence-electron chi connectivity index (χ1n) is 5.57. The summed E-state index contributed by atoms with van der Waals surface area (Å²) in [4.78, 5) is 8.04. The van der Waals surface area contributed by atoms with E-state index in [1.807, 2.05) is 6.92 Å². The minimum Gasteiger partial charge on any atom is -0.393 e. The highest BCUT2D eigenvalue weighted by Crippen LogP contribution is 2.26. The van der Waals surface area contributed by atoms with E-state index in [1.54, 1.807) is 0 Å². The average Bonchev–Trinajstić information content (AvgIpc) is 2.67. The van der Waals surface area contributed by atoms with Gasteiger partial charge in [0.05, 0.1) is 6.10 Å². The lowest BCUT2D eigenvalue weighted by atomic mass is 10.1. The van der Waals surface area contributed by atoms with Crippen LogP contribution in [-0.2, 0) is 0 Å². The van der Waals surface area contributed by atoms with Crippen molar-refractivity contribution in [2.24, 2.45) is 5.92 Å². The van der Waals surface area contributed by atoms with Gasteiger partial charge in [-0.15, -0.1) is 0 Å². The highest BCUT2D eigenvalue weighted by Gasteiger charge is 2.24. The maximum absolute atomic E-state index is 9.69. The number of aliphatic hydroxyl groups is 1. The molecule has 1 aromatic rings. The van der Waals surface area contributed by atoms with Gasteiger partial charge in [-0.1, -0.05) is 18.0 Å². The van der Waals surface area contributed by atoms with Gasteiger partial charge in [0.25, 0.3) is 0 Å². The zero-order valence-electron chi connectivity index (χ0n) is 9.28. The number of nitrogens with zero attached hydrogens (tertiary/aromatic N) is 2. The molecule has 2 rings (SSSR count). The van der Waals surface area contributed by atoms with E-state index in [9.17, 15) is 5.11 Å². The second-order valence-corrected chi connectivity index (χ2v) is 4.64. The summed E-state index contributed by atoms with van der Waals surface area (Å²) in [6.45, 7) is 2.63. The van der Waals surface area contributed by atoms with E-state index >= 15 is 0 Å². The molecule has 0 radical (unpaired) electrons. The Kier molecular flexibility index (Phi) is 3.61. The molecule has 0 amide bonds. The molecular weight excluding hydrogens is 226 g/mol. The van der Waals surface area contributed by atoms with Gasteiger partial charge in [0.2, 0.25) is 0 Å². The lowest BCUT2D eigenvalue weighted by molar-refractivity contribution is 0.138. The predicted octanol–water partition coefficient (Wildman–Crippen LogP) is 2.01. The predicted molar refractivity (Wildman–Crippen MR) is 63.6 cm³/mol. The highest BCUT2D eigenvalue weighted by molar-refractivity contribution is 6.30. The smallest absolute Gasteiger partial charge is 0.137 e. The third kappa shape index (κ3) is 2.44. The molecule has 0 aliphatic heterocycles. The van der Waals surface area contributed by atoms with E-state index in [1.165, 1.54) is 6.33 Å². The van der Waals surface area contributed by atoms with Gasteiger partial charge in [-0.05, 0) is 19.8 Å². The van der Waals surface area contributed by atoms with Crippen LogP contribution in [0.15, 0.2) is 6.33 Å². The largest absolute Gasteiger partial charge is 0.393 e. The third-order valence-corrected chi connectivity index (χ3v) is 3.55. The van der Waals surface area contributed by atoms with Gasteiger partial charge in [-0.3, -0.25) is 0 Å². The van der Waals surface area contributed by atoms with Crippen LogP contribution in [0.25, 0.3) is 0 Å². The first-order chi connectivity index (χ1) is 7.68. The zero-order chi connectivity index (χ0) is 11.5. The van der Waals surface area contributed by atoms with Crippen LogP contribution in [-0.4, -0.2) is 27.7 Å². The van der Waals surface area contributed by atoms with E-state index in [2.05, 4.69) is 15.3 Å². The van der Waals surface area contributed by atoms with E-state index in [-0.39, 0.29) is 6.10 Å². The highest BCUT2D eigenvalue weighted by atomic mass is 35.5. The number of halogens is 1. The van der Waals surface area contributed by atoms with Gasteiger partial charge in [-0.25, -0.2) is 9.97 Å². The molecule has 2 unspecified atom stereocenters. The van der Waals surface area contributed by atoms with Crippen molar-refractivity contribution in [3.05, 3.63) is 17.0 Å². The number of hydrogen-bond acceptors (Lipinski definition) is 4. The number of rotatable bonds is 3. The van der Waals surface area contributed by atoms with Gasteiger partial charge in [-0.2, -0.15) is 0 Å². The van der Waals surface area contributed by atoms with Crippen molar-refractivity contribution < 1.29 is 5.11 Å². The Labute approximate surface area is 100 Å². The van der Waals surface area contributed by atoms with Crippen LogP contribution in [0.5, 0.6) is 0 Å². The van der Waals surface area contributed by atoms with Crippen molar-refractivity contribution in [2.75, 3.05) is 11.9 Å². The first kappa shape index (κ1) is 11.6. The monoisotopic (exact) mass is 241 g/mol. The number of aliphatic hydroxyl groups excluding tert-OH is 1. The Morgan fingerprint density at radius 1 is 1.50 bits per heavy atom. The fraction of sp³-hybridized carbons (Fsp3) is 0.636. The summed E-state index contributed by atoms with van der Waals surface area (Å²) < 4.78 is 0. The molecule has 1 aliphatic carbocycles. The Hall–Kier alpha value is -0.870. The van der Waals surface area contributed by atoms with Crippen molar-refractivity contribution in [3.63, 3.8) is 0 Å². The number of aromatic nitrogens is 2. The second-order valence-electron chi connectivity index (χ2n) is 4.28. The van der Waals surface area contributed by atoms with Gasteiger partial charge < -0.3 is 10.4 Å². The molecule has 2 atom stereocenters. The molecule has 1 fully saturated rings. The van der Waals surface area contributed by atoms with Crippen molar-refractivity contribution in [3.8, 4) is 0 Å². The lowest BCUT2D eigenvalue weighted by Gasteiger charge is -2.16. The average molecular weight is 242 g/mol. The summed E-state index contributed by atoms with van der Waals surface area (Å²) in [7, 11) is 0. The number of hydrogen-bond donors (Lipinski definition) is 2. The van der Waals surface area contributed by atoms with Crippen molar-refractivity contribution in [1.29, 1.82) is 0 Å². The minimum atomic E-state index is -0.176. The molecule has 1 heterocycles. The maximum atomic E-state index is 9.69. The van der Waals surface area contributed by atoms with E-state index in [0.29, 0.717) is 11.1 Å². The summed E-state index contributed by atoms with van der Waals surface area (Å²) in [5.41, 5.74) is 0.858. The van der Waals surface area contributed by atoms with E-state index in [4.69, 9.17) is 11.6 Å². The molecule has 0 bridgehead atoms. The standard InChI is InChI=1S/C11H16ClN3O/c1-7-10(12)14-6-15-11(7)13-5-8-3-2-4-9(8)16/h6,8-9,16H,2-5H2,1H3,(H,13,14,15). The summed E-state index contributed by atoms with van der Waals surface area (Å²) >= 11 is 5.90. The van der Waals surface area contributed by atoms with Crippen LogP contribution < -0.4 is 5.32 Å². The molecule has 0 saturated heterocycles. The maximum Gasteiger partial charge on any atom is 0.137 e. The minimum absolute atomic E-state index is 0.176. The van der Waals surface area contributed by atoms with Crippen LogP contribution in [0.1, 0.15) is 24.8 Å². The molecule has 5 heteroatoms. The quantitative estimate of drug-likeness (QED) is 0.795. The zero-order valence-corrected chi connectivity index (χ0v) is 10.0.